The van der Waals surface area contributed by atoms with Crippen molar-refractivity contribution < 1.29 is 8.83 Å². The summed E-state index contributed by atoms with van der Waals surface area (Å²) in [5.41, 5.74) is 12.1. The fourth-order valence-electron chi connectivity index (χ4n) is 7.34. The molecule has 5 nitrogen and oxygen atoms in total. The van der Waals surface area contributed by atoms with Crippen LogP contribution < -0.4 is 9.80 Å². The first kappa shape index (κ1) is 31.4. The fourth-order valence-corrected chi connectivity index (χ4v) is 7.34. The van der Waals surface area contributed by atoms with Crippen molar-refractivity contribution in [2.24, 2.45) is 0 Å². The molecule has 0 atom stereocenters. The van der Waals surface area contributed by atoms with Crippen LogP contribution in [0.3, 0.4) is 0 Å². The van der Waals surface area contributed by atoms with Crippen LogP contribution in [0, 0.1) is 0 Å². The molecule has 10 aromatic rings. The number of benzene rings is 8. The van der Waals surface area contributed by atoms with Crippen molar-refractivity contribution in [3.8, 4) is 22.6 Å². The van der Waals surface area contributed by atoms with Gasteiger partial charge in [0.15, 0.2) is 5.58 Å². The minimum absolute atomic E-state index is 0.564. The summed E-state index contributed by atoms with van der Waals surface area (Å²) in [6.07, 6.45) is 0. The molecule has 0 saturated carbocycles. The standard InChI is InChI=1S/C49H33N3O2/c1-5-16-34(17-6-1)36-20-15-25-39(30-36)51(40-28-29-47-43(31-40)42-26-13-14-27-46(42)53-47)41-32-44-48(54-49(50-44)35-18-7-2-8-19-35)45(33-41)52(37-21-9-3-10-22-37)38-23-11-4-12-24-38/h1-33H. The van der Waals surface area contributed by atoms with Gasteiger partial charge in [0, 0.05) is 39.1 Å². The normalized spacial score (nSPS) is 11.3. The van der Waals surface area contributed by atoms with Crippen LogP contribution >= 0.6 is 0 Å². The average molecular weight is 696 g/mol. The van der Waals surface area contributed by atoms with Crippen LogP contribution in [0.2, 0.25) is 0 Å². The molecule has 0 saturated heterocycles. The molecule has 0 aliphatic heterocycles. The summed E-state index contributed by atoms with van der Waals surface area (Å²) in [6, 6.07) is 69.1. The van der Waals surface area contributed by atoms with E-state index in [0.717, 1.165) is 78.3 Å². The molecule has 0 unspecified atom stereocenters. The third kappa shape index (κ3) is 5.65. The topological polar surface area (TPSA) is 45.7 Å². The predicted octanol–water partition coefficient (Wildman–Crippen LogP) is 14.0. The third-order valence-electron chi connectivity index (χ3n) is 9.83. The van der Waals surface area contributed by atoms with Crippen LogP contribution in [-0.4, -0.2) is 4.98 Å². The monoisotopic (exact) mass is 695 g/mol. The van der Waals surface area contributed by atoms with Crippen molar-refractivity contribution in [3.63, 3.8) is 0 Å². The van der Waals surface area contributed by atoms with Gasteiger partial charge in [0.1, 0.15) is 16.7 Å². The quantitative estimate of drug-likeness (QED) is 0.158. The highest BCUT2D eigenvalue weighted by molar-refractivity contribution is 6.07. The van der Waals surface area contributed by atoms with Crippen molar-refractivity contribution in [2.45, 2.75) is 0 Å². The van der Waals surface area contributed by atoms with Crippen molar-refractivity contribution >= 4 is 67.2 Å². The Balaban J connectivity index is 1.26. The number of hydrogen-bond donors (Lipinski definition) is 0. The summed E-state index contributed by atoms with van der Waals surface area (Å²) in [6.45, 7) is 0. The van der Waals surface area contributed by atoms with E-state index in [1.54, 1.807) is 0 Å². The Labute approximate surface area is 312 Å². The van der Waals surface area contributed by atoms with Crippen LogP contribution in [0.4, 0.5) is 34.1 Å². The number of nitrogens with zero attached hydrogens (tertiary/aromatic N) is 3. The van der Waals surface area contributed by atoms with E-state index in [0.29, 0.717) is 11.5 Å². The van der Waals surface area contributed by atoms with Crippen molar-refractivity contribution in [2.75, 3.05) is 9.80 Å². The van der Waals surface area contributed by atoms with E-state index >= 15 is 0 Å². The maximum Gasteiger partial charge on any atom is 0.227 e. The molecule has 0 aliphatic rings. The SMILES string of the molecule is c1ccc(-c2cccc(N(c3cc(N(c4ccccc4)c4ccccc4)c4oc(-c5ccccc5)nc4c3)c3ccc4oc5ccccc5c4c3)c2)cc1. The Morgan fingerprint density at radius 1 is 0.352 bits per heavy atom. The lowest BCUT2D eigenvalue weighted by Crippen LogP contribution is -2.13. The Morgan fingerprint density at radius 3 is 1.65 bits per heavy atom. The predicted molar refractivity (Wildman–Crippen MR) is 222 cm³/mol. The molecule has 0 aliphatic carbocycles. The molecule has 5 heteroatoms. The maximum atomic E-state index is 6.74. The van der Waals surface area contributed by atoms with Gasteiger partial charge >= 0.3 is 0 Å². The number of para-hydroxylation sites is 3. The Bertz CT molecular complexity index is 2840. The first-order valence-electron chi connectivity index (χ1n) is 18.0. The van der Waals surface area contributed by atoms with Gasteiger partial charge < -0.3 is 18.6 Å². The maximum absolute atomic E-state index is 6.74. The van der Waals surface area contributed by atoms with E-state index in [9.17, 15) is 0 Å². The van der Waals surface area contributed by atoms with E-state index < -0.39 is 0 Å². The van der Waals surface area contributed by atoms with Gasteiger partial charge in [-0.05, 0) is 96.1 Å². The zero-order chi connectivity index (χ0) is 35.8. The van der Waals surface area contributed by atoms with E-state index in [-0.39, 0.29) is 0 Å². The molecule has 0 radical (unpaired) electrons. The molecular formula is C49H33N3O2. The summed E-state index contributed by atoms with van der Waals surface area (Å²) in [5, 5.41) is 2.13. The fraction of sp³-hybridized carbons (Fsp3) is 0. The van der Waals surface area contributed by atoms with Crippen LogP contribution in [0.25, 0.3) is 55.6 Å². The summed E-state index contributed by atoms with van der Waals surface area (Å²) >= 11 is 0. The molecule has 8 aromatic carbocycles. The molecule has 0 N–H and O–H groups in total. The minimum Gasteiger partial charge on any atom is -0.456 e. The van der Waals surface area contributed by atoms with E-state index in [4.69, 9.17) is 13.8 Å². The van der Waals surface area contributed by atoms with Crippen LogP contribution in [0.15, 0.2) is 209 Å². The van der Waals surface area contributed by atoms with Gasteiger partial charge in [-0.2, -0.15) is 0 Å². The number of furan rings is 1. The number of oxazole rings is 1. The number of rotatable bonds is 8. The average Bonchev–Trinajstić information content (AvgIpc) is 3.85. The largest absolute Gasteiger partial charge is 0.456 e. The second-order valence-corrected chi connectivity index (χ2v) is 13.2. The third-order valence-corrected chi connectivity index (χ3v) is 9.83. The zero-order valence-electron chi connectivity index (χ0n) is 29.2. The molecule has 2 aromatic heterocycles. The molecule has 256 valence electrons. The lowest BCUT2D eigenvalue weighted by atomic mass is 10.0. The van der Waals surface area contributed by atoms with E-state index in [1.807, 2.05) is 60.7 Å². The molecule has 0 spiro atoms. The van der Waals surface area contributed by atoms with Gasteiger partial charge in [0.2, 0.25) is 5.89 Å². The summed E-state index contributed by atoms with van der Waals surface area (Å²) in [5.74, 6) is 0.564. The minimum atomic E-state index is 0.564. The van der Waals surface area contributed by atoms with Crippen molar-refractivity contribution in [1.82, 2.24) is 4.98 Å². The van der Waals surface area contributed by atoms with Crippen LogP contribution in [0.1, 0.15) is 0 Å². The van der Waals surface area contributed by atoms with Gasteiger partial charge in [-0.1, -0.05) is 115 Å². The van der Waals surface area contributed by atoms with Crippen LogP contribution in [0.5, 0.6) is 0 Å². The summed E-state index contributed by atoms with van der Waals surface area (Å²) in [4.78, 5) is 9.71. The second kappa shape index (κ2) is 13.3. The van der Waals surface area contributed by atoms with Gasteiger partial charge in [-0.15, -0.1) is 0 Å². The zero-order valence-corrected chi connectivity index (χ0v) is 29.2. The molecule has 0 fully saturated rings. The number of fused-ring (bicyclic) bond motifs is 4. The second-order valence-electron chi connectivity index (χ2n) is 13.2. The van der Waals surface area contributed by atoms with Crippen molar-refractivity contribution in [1.29, 1.82) is 0 Å². The van der Waals surface area contributed by atoms with Crippen molar-refractivity contribution in [3.05, 3.63) is 200 Å². The van der Waals surface area contributed by atoms with E-state index in [1.165, 1.54) is 0 Å². The Kier molecular flexibility index (Phi) is 7.73. The molecule has 0 amide bonds. The van der Waals surface area contributed by atoms with Gasteiger partial charge in [0.25, 0.3) is 0 Å². The van der Waals surface area contributed by atoms with Gasteiger partial charge in [-0.3, -0.25) is 0 Å². The van der Waals surface area contributed by atoms with Crippen LogP contribution in [-0.2, 0) is 0 Å². The lowest BCUT2D eigenvalue weighted by Gasteiger charge is -2.29. The summed E-state index contributed by atoms with van der Waals surface area (Å²) in [7, 11) is 0. The molecule has 54 heavy (non-hydrogen) atoms. The van der Waals surface area contributed by atoms with E-state index in [2.05, 4.69) is 149 Å². The molecule has 2 heterocycles. The van der Waals surface area contributed by atoms with Gasteiger partial charge in [0.05, 0.1) is 11.4 Å². The smallest absolute Gasteiger partial charge is 0.227 e. The highest BCUT2D eigenvalue weighted by Crippen LogP contribution is 2.46. The Hall–Kier alpha value is -7.37. The summed E-state index contributed by atoms with van der Waals surface area (Å²) < 4.78 is 13.0. The first-order valence-corrected chi connectivity index (χ1v) is 18.0. The lowest BCUT2D eigenvalue weighted by molar-refractivity contribution is 0.620. The molecule has 0 bridgehead atoms. The molecular weight excluding hydrogens is 663 g/mol. The van der Waals surface area contributed by atoms with Gasteiger partial charge in [-0.25, -0.2) is 4.98 Å². The molecule has 10 rings (SSSR count). The Morgan fingerprint density at radius 2 is 0.926 bits per heavy atom. The number of aromatic nitrogens is 1. The highest BCUT2D eigenvalue weighted by Gasteiger charge is 2.24. The number of anilines is 6. The first-order chi connectivity index (χ1) is 26.8. The number of hydrogen-bond acceptors (Lipinski definition) is 5. The highest BCUT2D eigenvalue weighted by atomic mass is 16.3.